The maximum atomic E-state index is 12.6. The van der Waals surface area contributed by atoms with E-state index in [1.165, 1.54) is 0 Å². The lowest BCUT2D eigenvalue weighted by atomic mass is 10.0. The van der Waals surface area contributed by atoms with E-state index in [2.05, 4.69) is 38.9 Å². The van der Waals surface area contributed by atoms with Gasteiger partial charge >= 0.3 is 0 Å². The summed E-state index contributed by atoms with van der Waals surface area (Å²) in [5.41, 5.74) is 5.80. The van der Waals surface area contributed by atoms with Crippen molar-refractivity contribution in [2.45, 2.75) is 27.2 Å². The summed E-state index contributed by atoms with van der Waals surface area (Å²) < 4.78 is 17.6. The largest absolute Gasteiger partial charge is 0.492 e. The van der Waals surface area contributed by atoms with Crippen molar-refractivity contribution >= 4 is 0 Å². The van der Waals surface area contributed by atoms with E-state index in [0.29, 0.717) is 35.9 Å². The number of aryl methyl sites for hydroxylation is 3. The molecule has 0 amide bonds. The number of hydrogen-bond acceptors (Lipinski definition) is 7. The van der Waals surface area contributed by atoms with E-state index in [-0.39, 0.29) is 5.56 Å². The first-order chi connectivity index (χ1) is 18.0. The van der Waals surface area contributed by atoms with Gasteiger partial charge in [0.2, 0.25) is 0 Å². The number of pyridine rings is 2. The van der Waals surface area contributed by atoms with Crippen LogP contribution in [0.1, 0.15) is 28.3 Å². The van der Waals surface area contributed by atoms with Crippen LogP contribution < -0.4 is 10.3 Å². The number of morpholine rings is 1. The van der Waals surface area contributed by atoms with E-state index in [9.17, 15) is 4.79 Å². The van der Waals surface area contributed by atoms with E-state index in [0.717, 1.165) is 66.5 Å². The zero-order valence-corrected chi connectivity index (χ0v) is 21.5. The number of oxazole rings is 1. The third kappa shape index (κ3) is 5.98. The monoisotopic (exact) mass is 500 g/mol. The highest BCUT2D eigenvalue weighted by atomic mass is 16.5. The zero-order valence-electron chi connectivity index (χ0n) is 21.5. The van der Waals surface area contributed by atoms with Gasteiger partial charge in [0, 0.05) is 43.5 Å². The van der Waals surface area contributed by atoms with Gasteiger partial charge in [-0.15, -0.1) is 0 Å². The Kier molecular flexibility index (Phi) is 7.48. The molecule has 1 aliphatic rings. The Bertz CT molecular complexity index is 1440. The number of aromatic amines is 1. The van der Waals surface area contributed by atoms with Crippen LogP contribution in [0.3, 0.4) is 0 Å². The van der Waals surface area contributed by atoms with E-state index in [4.69, 9.17) is 13.9 Å². The van der Waals surface area contributed by atoms with Gasteiger partial charge in [0.25, 0.3) is 5.56 Å². The highest BCUT2D eigenvalue weighted by molar-refractivity contribution is 5.68. The molecule has 4 heterocycles. The van der Waals surface area contributed by atoms with Gasteiger partial charge in [-0.05, 0) is 67.8 Å². The van der Waals surface area contributed by atoms with Crippen molar-refractivity contribution in [3.05, 3.63) is 87.4 Å². The fourth-order valence-corrected chi connectivity index (χ4v) is 4.63. The number of nitrogens with one attached hydrogen (secondary N) is 1. The Morgan fingerprint density at radius 3 is 2.68 bits per heavy atom. The van der Waals surface area contributed by atoms with E-state index in [1.54, 1.807) is 12.4 Å². The predicted molar refractivity (Wildman–Crippen MR) is 142 cm³/mol. The maximum absolute atomic E-state index is 12.6. The maximum Gasteiger partial charge on any atom is 0.257 e. The van der Waals surface area contributed by atoms with Crippen LogP contribution in [0.2, 0.25) is 0 Å². The molecule has 37 heavy (non-hydrogen) atoms. The van der Waals surface area contributed by atoms with Gasteiger partial charge < -0.3 is 18.9 Å². The fraction of sp³-hybridized carbons (Fsp3) is 0.345. The van der Waals surface area contributed by atoms with E-state index < -0.39 is 0 Å². The quantitative estimate of drug-likeness (QED) is 0.385. The van der Waals surface area contributed by atoms with Gasteiger partial charge in [-0.25, -0.2) is 4.98 Å². The molecule has 1 aromatic carbocycles. The Labute approximate surface area is 216 Å². The normalized spacial score (nSPS) is 14.1. The molecule has 0 atom stereocenters. The van der Waals surface area contributed by atoms with E-state index in [1.807, 2.05) is 38.1 Å². The second-order valence-corrected chi connectivity index (χ2v) is 9.46. The first-order valence-electron chi connectivity index (χ1n) is 12.6. The second kappa shape index (κ2) is 11.1. The van der Waals surface area contributed by atoms with Crippen molar-refractivity contribution < 1.29 is 13.9 Å². The third-order valence-electron chi connectivity index (χ3n) is 6.66. The topological polar surface area (TPSA) is 93.5 Å². The molecule has 4 aromatic rings. The summed E-state index contributed by atoms with van der Waals surface area (Å²) in [4.78, 5) is 26.7. The number of nitrogens with zero attached hydrogens (tertiary/aromatic N) is 3. The number of rotatable bonds is 8. The van der Waals surface area contributed by atoms with Crippen LogP contribution in [0.15, 0.2) is 58.0 Å². The zero-order chi connectivity index (χ0) is 25.8. The Morgan fingerprint density at radius 2 is 1.86 bits per heavy atom. The second-order valence-electron chi connectivity index (χ2n) is 9.46. The van der Waals surface area contributed by atoms with Crippen LogP contribution in [-0.2, 0) is 11.2 Å². The van der Waals surface area contributed by atoms with Crippen molar-refractivity contribution in [1.29, 1.82) is 0 Å². The number of hydrogen-bond donors (Lipinski definition) is 1. The fourth-order valence-electron chi connectivity index (χ4n) is 4.63. The number of benzene rings is 1. The molecule has 3 aromatic heterocycles. The van der Waals surface area contributed by atoms with Crippen LogP contribution in [0.5, 0.6) is 5.75 Å². The standard InChI is InChI=1S/C29H32N4O4/c1-19-4-5-24(36-13-10-33-8-11-35-12-9-33)15-23(19)17-27-31-18-26(37-27)22-6-7-30-25(16-22)28-20(2)14-21(3)32-29(28)34/h4-7,14-16,18H,8-13,17H2,1-3H3,(H,32,34). The molecule has 1 saturated heterocycles. The van der Waals surface area contributed by atoms with Crippen molar-refractivity contribution in [2.75, 3.05) is 39.5 Å². The third-order valence-corrected chi connectivity index (χ3v) is 6.66. The molecule has 0 saturated carbocycles. The summed E-state index contributed by atoms with van der Waals surface area (Å²) in [6.45, 7) is 10.9. The molecule has 0 unspecified atom stereocenters. The molecular formula is C29H32N4O4. The van der Waals surface area contributed by atoms with Crippen molar-refractivity contribution in [3.63, 3.8) is 0 Å². The average Bonchev–Trinajstić information content (AvgIpc) is 3.35. The molecular weight excluding hydrogens is 468 g/mol. The molecule has 5 rings (SSSR count). The van der Waals surface area contributed by atoms with Crippen molar-refractivity contribution in [2.24, 2.45) is 0 Å². The van der Waals surface area contributed by atoms with Crippen LogP contribution in [0.4, 0.5) is 0 Å². The van der Waals surface area contributed by atoms with Crippen LogP contribution in [-0.4, -0.2) is 59.3 Å². The highest BCUT2D eigenvalue weighted by Gasteiger charge is 2.14. The van der Waals surface area contributed by atoms with Crippen molar-refractivity contribution in [3.8, 4) is 28.3 Å². The Hall–Kier alpha value is -3.75. The molecule has 0 spiro atoms. The molecule has 192 valence electrons. The van der Waals surface area contributed by atoms with Gasteiger partial charge in [0.15, 0.2) is 11.7 Å². The van der Waals surface area contributed by atoms with Gasteiger partial charge in [-0.2, -0.15) is 0 Å². The summed E-state index contributed by atoms with van der Waals surface area (Å²) in [6, 6.07) is 11.8. The minimum absolute atomic E-state index is 0.150. The van der Waals surface area contributed by atoms with Gasteiger partial charge in [0.05, 0.1) is 30.7 Å². The lowest BCUT2D eigenvalue weighted by Crippen LogP contribution is -2.38. The summed E-state index contributed by atoms with van der Waals surface area (Å²) in [7, 11) is 0. The lowest BCUT2D eigenvalue weighted by Gasteiger charge is -2.26. The minimum Gasteiger partial charge on any atom is -0.492 e. The first-order valence-corrected chi connectivity index (χ1v) is 12.6. The van der Waals surface area contributed by atoms with Gasteiger partial charge in [0.1, 0.15) is 12.4 Å². The highest BCUT2D eigenvalue weighted by Crippen LogP contribution is 2.27. The molecule has 1 N–H and O–H groups in total. The van der Waals surface area contributed by atoms with Gasteiger partial charge in [-0.3, -0.25) is 14.7 Å². The smallest absolute Gasteiger partial charge is 0.257 e. The van der Waals surface area contributed by atoms with E-state index >= 15 is 0 Å². The summed E-state index contributed by atoms with van der Waals surface area (Å²) in [5, 5.41) is 0. The molecule has 0 aliphatic carbocycles. The molecule has 1 fully saturated rings. The average molecular weight is 501 g/mol. The Balaban J connectivity index is 1.29. The number of ether oxygens (including phenoxy) is 2. The predicted octanol–water partition coefficient (Wildman–Crippen LogP) is 4.32. The minimum atomic E-state index is -0.150. The summed E-state index contributed by atoms with van der Waals surface area (Å²) in [6.07, 6.45) is 3.97. The molecule has 1 aliphatic heterocycles. The molecule has 0 bridgehead atoms. The molecule has 8 heteroatoms. The number of aromatic nitrogens is 3. The first kappa shape index (κ1) is 24.9. The molecule has 8 nitrogen and oxygen atoms in total. The van der Waals surface area contributed by atoms with Crippen LogP contribution >= 0.6 is 0 Å². The summed E-state index contributed by atoms with van der Waals surface area (Å²) in [5.74, 6) is 2.10. The Morgan fingerprint density at radius 1 is 1.03 bits per heavy atom. The van der Waals surface area contributed by atoms with Crippen molar-refractivity contribution in [1.82, 2.24) is 19.9 Å². The lowest BCUT2D eigenvalue weighted by molar-refractivity contribution is 0.0322. The van der Waals surface area contributed by atoms with Gasteiger partial charge in [-0.1, -0.05) is 6.07 Å². The number of H-pyrrole nitrogens is 1. The van der Waals surface area contributed by atoms with Crippen LogP contribution in [0.25, 0.3) is 22.6 Å². The summed E-state index contributed by atoms with van der Waals surface area (Å²) >= 11 is 0. The van der Waals surface area contributed by atoms with Crippen LogP contribution in [0, 0.1) is 20.8 Å². The SMILES string of the molecule is Cc1cc(C)c(-c2cc(-c3cnc(Cc4cc(OCCN5CCOCC5)ccc4C)o3)ccn2)c(=O)[nH]1. The molecule has 0 radical (unpaired) electrons.